The molecule has 0 aromatic heterocycles. The molecule has 0 aliphatic carbocycles. The Balaban J connectivity index is 2.26. The lowest BCUT2D eigenvalue weighted by molar-refractivity contribution is -0.153. The summed E-state index contributed by atoms with van der Waals surface area (Å²) in [7, 11) is 0. The minimum absolute atomic E-state index is 0.0139. The van der Waals surface area contributed by atoms with Crippen molar-refractivity contribution < 1.29 is 28.8 Å². The molecule has 1 N–H and O–H groups in total. The van der Waals surface area contributed by atoms with Crippen molar-refractivity contribution in [1.82, 2.24) is 0 Å². The molecule has 0 aliphatic rings. The first-order valence-electron chi connectivity index (χ1n) is 10.1. The Morgan fingerprint density at radius 1 is 0.966 bits per heavy atom. The van der Waals surface area contributed by atoms with Gasteiger partial charge in [-0.3, -0.25) is 4.79 Å². The molecular weight excluding hydrogens is 372 g/mol. The molecule has 1 atom stereocenters. The van der Waals surface area contributed by atoms with Gasteiger partial charge in [0, 0.05) is 0 Å². The highest BCUT2D eigenvalue weighted by Gasteiger charge is 2.31. The molecule has 1 aromatic carbocycles. The van der Waals surface area contributed by atoms with Gasteiger partial charge >= 0.3 is 5.97 Å². The van der Waals surface area contributed by atoms with E-state index >= 15 is 0 Å². The van der Waals surface area contributed by atoms with E-state index in [0.717, 1.165) is 5.57 Å². The second kappa shape index (κ2) is 14.3. The number of carbonyl (C=O) groups excluding carboxylic acids is 1. The zero-order valence-corrected chi connectivity index (χ0v) is 18.2. The molecule has 1 rings (SSSR count). The highest BCUT2D eigenvalue weighted by atomic mass is 16.6. The van der Waals surface area contributed by atoms with E-state index in [9.17, 15) is 4.79 Å². The minimum atomic E-state index is -0.694. The molecule has 0 amide bonds. The summed E-state index contributed by atoms with van der Waals surface area (Å²) < 4.78 is 21.2. The van der Waals surface area contributed by atoms with Crippen molar-refractivity contribution in [2.45, 2.75) is 33.6 Å². The number of hydrogen-bond donors (Lipinski definition) is 1. The van der Waals surface area contributed by atoms with Gasteiger partial charge in [-0.2, -0.15) is 0 Å². The Bertz CT molecular complexity index is 597. The van der Waals surface area contributed by atoms with E-state index in [1.165, 1.54) is 5.56 Å². The van der Waals surface area contributed by atoms with Crippen LogP contribution in [0.1, 0.15) is 39.2 Å². The fourth-order valence-corrected chi connectivity index (χ4v) is 2.58. The summed E-state index contributed by atoms with van der Waals surface area (Å²) in [6.45, 7) is 10.5. The maximum Gasteiger partial charge on any atom is 0.315 e. The Morgan fingerprint density at radius 2 is 1.48 bits per heavy atom. The van der Waals surface area contributed by atoms with Crippen LogP contribution in [0.5, 0.6) is 0 Å². The van der Waals surface area contributed by atoms with Crippen LogP contribution in [0.4, 0.5) is 0 Å². The summed E-state index contributed by atoms with van der Waals surface area (Å²) >= 11 is 0. The van der Waals surface area contributed by atoms with Crippen LogP contribution in [-0.4, -0.2) is 63.9 Å². The quantitative estimate of drug-likeness (QED) is 0.273. The Hall–Kier alpha value is -1.73. The molecule has 1 aromatic rings. The van der Waals surface area contributed by atoms with Crippen molar-refractivity contribution in [3.05, 3.63) is 47.5 Å². The third-order valence-electron chi connectivity index (χ3n) is 4.76. The molecule has 0 bridgehead atoms. The summed E-state index contributed by atoms with van der Waals surface area (Å²) in [5.41, 5.74) is 1.50. The lowest BCUT2D eigenvalue weighted by atomic mass is 9.82. The smallest absolute Gasteiger partial charge is 0.315 e. The first kappa shape index (κ1) is 25.3. The predicted octanol–water partition coefficient (Wildman–Crippen LogP) is 3.35. The van der Waals surface area contributed by atoms with Crippen LogP contribution in [0.3, 0.4) is 0 Å². The number of aliphatic hydroxyl groups is 1. The molecule has 0 heterocycles. The number of benzene rings is 1. The number of hydrogen-bond acceptors (Lipinski definition) is 6. The van der Waals surface area contributed by atoms with Gasteiger partial charge in [-0.05, 0) is 32.3 Å². The molecule has 0 saturated carbocycles. The summed E-state index contributed by atoms with van der Waals surface area (Å²) in [6, 6.07) is 10.2. The summed E-state index contributed by atoms with van der Waals surface area (Å²) in [4.78, 5) is 12.5. The van der Waals surface area contributed by atoms with Crippen LogP contribution in [0.15, 0.2) is 42.0 Å². The molecule has 0 saturated heterocycles. The molecule has 164 valence electrons. The van der Waals surface area contributed by atoms with Gasteiger partial charge in [-0.25, -0.2) is 0 Å². The van der Waals surface area contributed by atoms with Crippen molar-refractivity contribution in [2.24, 2.45) is 5.41 Å². The van der Waals surface area contributed by atoms with Crippen molar-refractivity contribution in [2.75, 3.05) is 52.9 Å². The Labute approximate surface area is 174 Å². The van der Waals surface area contributed by atoms with Crippen LogP contribution < -0.4 is 0 Å². The second-order valence-electron chi connectivity index (χ2n) is 7.37. The van der Waals surface area contributed by atoms with Gasteiger partial charge in [0.1, 0.15) is 6.61 Å². The van der Waals surface area contributed by atoms with E-state index in [1.807, 2.05) is 39.0 Å². The van der Waals surface area contributed by atoms with Gasteiger partial charge in [0.15, 0.2) is 0 Å². The van der Waals surface area contributed by atoms with Gasteiger partial charge in [0.05, 0.1) is 51.7 Å². The number of ether oxygens (including phenoxy) is 4. The molecule has 0 fully saturated rings. The first-order chi connectivity index (χ1) is 13.9. The highest BCUT2D eigenvalue weighted by Crippen LogP contribution is 2.30. The van der Waals surface area contributed by atoms with E-state index in [2.05, 4.69) is 25.1 Å². The molecule has 0 spiro atoms. The van der Waals surface area contributed by atoms with Crippen molar-refractivity contribution >= 4 is 5.97 Å². The number of aliphatic hydroxyl groups excluding tert-OH is 1. The summed E-state index contributed by atoms with van der Waals surface area (Å²) in [5, 5.41) is 8.57. The Kier molecular flexibility index (Phi) is 12.5. The number of carbonyl (C=O) groups is 1. The van der Waals surface area contributed by atoms with Crippen LogP contribution in [0.25, 0.3) is 0 Å². The molecular formula is C23H36O6. The van der Waals surface area contributed by atoms with Gasteiger partial charge in [0.25, 0.3) is 0 Å². The van der Waals surface area contributed by atoms with E-state index in [1.54, 1.807) is 0 Å². The molecule has 6 nitrogen and oxygen atoms in total. The molecule has 29 heavy (non-hydrogen) atoms. The van der Waals surface area contributed by atoms with Crippen molar-refractivity contribution in [3.63, 3.8) is 0 Å². The summed E-state index contributed by atoms with van der Waals surface area (Å²) in [5.74, 6) is -0.0342. The molecule has 6 heteroatoms. The van der Waals surface area contributed by atoms with Crippen LogP contribution in [0.2, 0.25) is 0 Å². The van der Waals surface area contributed by atoms with Crippen LogP contribution in [0, 0.1) is 5.41 Å². The number of rotatable bonds is 15. The van der Waals surface area contributed by atoms with E-state index < -0.39 is 5.41 Å². The molecule has 1 unspecified atom stereocenters. The lowest BCUT2D eigenvalue weighted by Crippen LogP contribution is -2.29. The lowest BCUT2D eigenvalue weighted by Gasteiger charge is -2.25. The third-order valence-corrected chi connectivity index (χ3v) is 4.76. The topological polar surface area (TPSA) is 74.2 Å². The monoisotopic (exact) mass is 408 g/mol. The largest absolute Gasteiger partial charge is 0.463 e. The van der Waals surface area contributed by atoms with Gasteiger partial charge < -0.3 is 24.1 Å². The maximum absolute atomic E-state index is 12.5. The number of esters is 1. The molecule has 0 aliphatic heterocycles. The van der Waals surface area contributed by atoms with Crippen molar-refractivity contribution in [1.29, 1.82) is 0 Å². The fourth-order valence-electron chi connectivity index (χ4n) is 2.58. The first-order valence-corrected chi connectivity index (χ1v) is 10.1. The minimum Gasteiger partial charge on any atom is -0.463 e. The Morgan fingerprint density at radius 3 is 2.03 bits per heavy atom. The zero-order chi connectivity index (χ0) is 21.5. The SMILES string of the molecule is CC(=CC(C)c1ccccc1)C(C)(C)C(=O)OCCOCCOCCOCCO. The number of allylic oxidation sites excluding steroid dienone is 1. The van der Waals surface area contributed by atoms with Crippen LogP contribution in [-0.2, 0) is 23.7 Å². The maximum atomic E-state index is 12.5. The predicted molar refractivity (Wildman–Crippen MR) is 113 cm³/mol. The van der Waals surface area contributed by atoms with Crippen molar-refractivity contribution in [3.8, 4) is 0 Å². The van der Waals surface area contributed by atoms with E-state index in [0.29, 0.717) is 39.6 Å². The van der Waals surface area contributed by atoms with Gasteiger partial charge in [-0.1, -0.05) is 48.9 Å². The average Bonchev–Trinajstić information content (AvgIpc) is 2.72. The zero-order valence-electron chi connectivity index (χ0n) is 18.2. The average molecular weight is 409 g/mol. The second-order valence-corrected chi connectivity index (χ2v) is 7.37. The van der Waals surface area contributed by atoms with Gasteiger partial charge in [0.2, 0.25) is 0 Å². The molecule has 0 radical (unpaired) electrons. The summed E-state index contributed by atoms with van der Waals surface area (Å²) in [6.07, 6.45) is 2.12. The van der Waals surface area contributed by atoms with Crippen LogP contribution >= 0.6 is 0 Å². The highest BCUT2D eigenvalue weighted by molar-refractivity contribution is 5.79. The van der Waals surface area contributed by atoms with Gasteiger partial charge in [-0.15, -0.1) is 0 Å². The normalized spacial score (nSPS) is 13.3. The standard InChI is InChI=1S/C23H36O6/c1-19(21-8-6-5-7-9-21)18-20(2)23(3,4)22(25)29-17-16-28-15-14-27-13-12-26-11-10-24/h5-9,18-19,24H,10-17H2,1-4H3. The fraction of sp³-hybridized carbons (Fsp3) is 0.609. The van der Waals surface area contributed by atoms with E-state index in [-0.39, 0.29) is 25.1 Å². The third kappa shape index (κ3) is 10.0. The van der Waals surface area contributed by atoms with E-state index in [4.69, 9.17) is 24.1 Å².